The van der Waals surface area contributed by atoms with Crippen molar-refractivity contribution in [1.29, 1.82) is 0 Å². The summed E-state index contributed by atoms with van der Waals surface area (Å²) in [6, 6.07) is 10.2. The summed E-state index contributed by atoms with van der Waals surface area (Å²) < 4.78 is 34.9. The first-order chi connectivity index (χ1) is 13.6. The van der Waals surface area contributed by atoms with Gasteiger partial charge in [-0.3, -0.25) is 20.2 Å². The summed E-state index contributed by atoms with van der Waals surface area (Å²) in [7, 11) is -3.85. The number of halogens is 2. The van der Waals surface area contributed by atoms with Crippen molar-refractivity contribution in [1.82, 2.24) is 0 Å². The van der Waals surface area contributed by atoms with E-state index in [0.29, 0.717) is 0 Å². The molecule has 0 amide bonds. The molecule has 29 heavy (non-hydrogen) atoms. The Hall–Kier alpha value is -2.63. The molecule has 156 valence electrons. The predicted molar refractivity (Wildman–Crippen MR) is 105 cm³/mol. The average Bonchev–Trinajstić information content (AvgIpc) is 2.60. The van der Waals surface area contributed by atoms with Crippen molar-refractivity contribution in [2.75, 3.05) is 11.5 Å². The third-order valence-electron chi connectivity index (χ3n) is 3.35. The van der Waals surface area contributed by atoms with Gasteiger partial charge in [-0.05, 0) is 12.1 Å². The van der Waals surface area contributed by atoms with Crippen LogP contribution in [0.2, 0.25) is 0 Å². The molecule has 0 aliphatic heterocycles. The Kier molecular flexibility index (Phi) is 7.59. The highest BCUT2D eigenvalue weighted by Crippen LogP contribution is 2.23. The maximum atomic E-state index is 12.2. The molecule has 0 aliphatic carbocycles. The molecule has 13 heteroatoms. The number of hydrogen-bond donors (Lipinski definition) is 0. The molecule has 0 heterocycles. The van der Waals surface area contributed by atoms with E-state index in [2.05, 4.69) is 0 Å². The second-order valence-electron chi connectivity index (χ2n) is 5.64. The number of rotatable bonds is 10. The average molecular weight is 465 g/mol. The van der Waals surface area contributed by atoms with Crippen LogP contribution < -0.4 is 9.47 Å². The van der Waals surface area contributed by atoms with Gasteiger partial charge in [0.1, 0.15) is 23.0 Å². The predicted octanol–water partition coefficient (Wildman–Crippen LogP) is 3.51. The van der Waals surface area contributed by atoms with Crippen molar-refractivity contribution >= 4 is 44.4 Å². The van der Waals surface area contributed by atoms with Crippen LogP contribution >= 0.6 is 23.2 Å². The van der Waals surface area contributed by atoms with E-state index >= 15 is 0 Å². The number of hydrogen-bond acceptors (Lipinski definition) is 8. The fraction of sp³-hybridized carbons (Fsp3) is 0.250. The molecule has 2 aromatic carbocycles. The quantitative estimate of drug-likeness (QED) is 0.295. The van der Waals surface area contributed by atoms with Gasteiger partial charge in [-0.25, -0.2) is 8.42 Å². The molecule has 0 saturated heterocycles. The molecular formula is C16H14Cl2N2O8S. The Bertz CT molecular complexity index is 928. The number of alkyl halides is 2. The second-order valence-corrected chi connectivity index (χ2v) is 8.77. The lowest BCUT2D eigenvalue weighted by molar-refractivity contribution is -0.385. The van der Waals surface area contributed by atoms with Crippen molar-refractivity contribution < 1.29 is 27.7 Å². The number of nitro benzene ring substituents is 2. The van der Waals surface area contributed by atoms with Gasteiger partial charge in [0.05, 0.1) is 22.0 Å². The molecule has 0 fully saturated rings. The molecule has 10 nitrogen and oxygen atoms in total. The van der Waals surface area contributed by atoms with E-state index in [9.17, 15) is 28.6 Å². The Balaban J connectivity index is 1.94. The SMILES string of the molecule is O=[N+]([O-])c1cccc(OC(Cl)CS(=O)(=O)CC(Cl)Oc2cccc([N+](=O)[O-])c2)c1. The van der Waals surface area contributed by atoms with Gasteiger partial charge >= 0.3 is 0 Å². The van der Waals surface area contributed by atoms with Gasteiger partial charge in [-0.1, -0.05) is 35.3 Å². The molecule has 2 aromatic rings. The third-order valence-corrected chi connectivity index (χ3v) is 5.83. The first-order valence-corrected chi connectivity index (χ1v) is 10.6. The lowest BCUT2D eigenvalue weighted by Crippen LogP contribution is -2.29. The van der Waals surface area contributed by atoms with Gasteiger partial charge in [0.2, 0.25) is 0 Å². The summed E-state index contributed by atoms with van der Waals surface area (Å²) in [5.41, 5.74) is -3.13. The van der Waals surface area contributed by atoms with Crippen LogP contribution in [0.4, 0.5) is 11.4 Å². The molecule has 0 aliphatic rings. The summed E-state index contributed by atoms with van der Waals surface area (Å²) in [6.45, 7) is 0. The largest absolute Gasteiger partial charge is 0.473 e. The molecule has 0 aromatic heterocycles. The van der Waals surface area contributed by atoms with Gasteiger partial charge in [0.15, 0.2) is 21.0 Å². The van der Waals surface area contributed by atoms with Crippen molar-refractivity contribution in [3.8, 4) is 11.5 Å². The number of non-ortho nitro benzene ring substituents is 2. The van der Waals surface area contributed by atoms with Crippen LogP contribution in [-0.2, 0) is 9.84 Å². The first-order valence-electron chi connectivity index (χ1n) is 7.86. The van der Waals surface area contributed by atoms with Gasteiger partial charge < -0.3 is 9.47 Å². The van der Waals surface area contributed by atoms with Gasteiger partial charge in [0, 0.05) is 12.1 Å². The minimum Gasteiger partial charge on any atom is -0.473 e. The van der Waals surface area contributed by atoms with Crippen LogP contribution in [0.1, 0.15) is 0 Å². The highest BCUT2D eigenvalue weighted by molar-refractivity contribution is 7.91. The zero-order valence-electron chi connectivity index (χ0n) is 14.5. The fourth-order valence-electron chi connectivity index (χ4n) is 2.17. The molecule has 0 radical (unpaired) electrons. The van der Waals surface area contributed by atoms with Crippen LogP contribution in [-0.4, -0.2) is 40.9 Å². The highest BCUT2D eigenvalue weighted by atomic mass is 35.5. The first kappa shape index (κ1) is 22.7. The Morgan fingerprint density at radius 1 is 0.828 bits per heavy atom. The number of nitro groups is 2. The molecule has 0 N–H and O–H groups in total. The van der Waals surface area contributed by atoms with E-state index in [4.69, 9.17) is 32.7 Å². The zero-order valence-corrected chi connectivity index (χ0v) is 16.8. The third kappa shape index (κ3) is 7.37. The van der Waals surface area contributed by atoms with E-state index in [0.717, 1.165) is 12.1 Å². The maximum absolute atomic E-state index is 12.2. The fourth-order valence-corrected chi connectivity index (χ4v) is 4.60. The van der Waals surface area contributed by atoms with E-state index < -0.39 is 42.3 Å². The van der Waals surface area contributed by atoms with Crippen molar-refractivity contribution in [3.63, 3.8) is 0 Å². The molecular weight excluding hydrogens is 451 g/mol. The van der Waals surface area contributed by atoms with Gasteiger partial charge in [-0.2, -0.15) is 0 Å². The highest BCUT2D eigenvalue weighted by Gasteiger charge is 2.24. The summed E-state index contributed by atoms with van der Waals surface area (Å²) in [6.07, 6.45) is 0. The molecule has 0 saturated carbocycles. The zero-order chi connectivity index (χ0) is 21.6. The molecule has 2 unspecified atom stereocenters. The number of benzene rings is 2. The van der Waals surface area contributed by atoms with Gasteiger partial charge in [-0.15, -0.1) is 0 Å². The van der Waals surface area contributed by atoms with E-state index in [-0.39, 0.29) is 22.9 Å². The van der Waals surface area contributed by atoms with Crippen LogP contribution in [0.3, 0.4) is 0 Å². The van der Waals surface area contributed by atoms with Crippen LogP contribution in [0.5, 0.6) is 11.5 Å². The monoisotopic (exact) mass is 464 g/mol. The topological polar surface area (TPSA) is 139 Å². The minimum atomic E-state index is -3.85. The summed E-state index contributed by atoms with van der Waals surface area (Å²) >= 11 is 11.8. The van der Waals surface area contributed by atoms with E-state index in [1.807, 2.05) is 0 Å². The van der Waals surface area contributed by atoms with Crippen molar-refractivity contribution in [2.45, 2.75) is 11.1 Å². The molecule has 0 spiro atoms. The van der Waals surface area contributed by atoms with Crippen molar-refractivity contribution in [2.24, 2.45) is 0 Å². The van der Waals surface area contributed by atoms with Crippen molar-refractivity contribution in [3.05, 3.63) is 68.8 Å². The Labute approximate surface area is 175 Å². The second kappa shape index (κ2) is 9.72. The Morgan fingerprint density at radius 2 is 1.21 bits per heavy atom. The number of sulfone groups is 1. The van der Waals surface area contributed by atoms with Crippen LogP contribution in [0.15, 0.2) is 48.5 Å². The molecule has 2 rings (SSSR count). The lowest BCUT2D eigenvalue weighted by Gasteiger charge is -2.16. The van der Waals surface area contributed by atoms with Crippen LogP contribution in [0, 0.1) is 20.2 Å². The van der Waals surface area contributed by atoms with E-state index in [1.54, 1.807) is 0 Å². The number of nitrogens with zero attached hydrogens (tertiary/aromatic N) is 2. The lowest BCUT2D eigenvalue weighted by atomic mass is 10.3. The standard InChI is InChI=1S/C16H14Cl2N2O8S/c17-15(27-13-5-1-3-11(7-13)19(21)22)9-29(25,26)10-16(18)28-14-6-2-4-12(8-14)20(23)24/h1-8,15-16H,9-10H2. The maximum Gasteiger partial charge on any atom is 0.273 e. The normalized spacial score (nSPS) is 13.3. The van der Waals surface area contributed by atoms with Gasteiger partial charge in [0.25, 0.3) is 11.4 Å². The summed E-state index contributed by atoms with van der Waals surface area (Å²) in [5, 5.41) is 21.5. The minimum absolute atomic E-state index is 0.0321. The molecule has 2 atom stereocenters. The summed E-state index contributed by atoms with van der Waals surface area (Å²) in [5.74, 6) is -1.22. The van der Waals surface area contributed by atoms with E-state index in [1.165, 1.54) is 36.4 Å². The number of ether oxygens (including phenoxy) is 2. The summed E-state index contributed by atoms with van der Waals surface area (Å²) in [4.78, 5) is 20.2. The smallest absolute Gasteiger partial charge is 0.273 e. The van der Waals surface area contributed by atoms with Crippen LogP contribution in [0.25, 0.3) is 0 Å². The molecule has 0 bridgehead atoms. The Morgan fingerprint density at radius 3 is 1.55 bits per heavy atom.